The van der Waals surface area contributed by atoms with E-state index in [1.54, 1.807) is 18.2 Å². The lowest BCUT2D eigenvalue weighted by Crippen LogP contribution is -2.55. The number of rotatable bonds is 11. The summed E-state index contributed by atoms with van der Waals surface area (Å²) in [6, 6.07) is 11.7. The summed E-state index contributed by atoms with van der Waals surface area (Å²) in [5.74, 6) is -1.37. The van der Waals surface area contributed by atoms with Gasteiger partial charge in [-0.05, 0) is 63.2 Å². The molecule has 1 saturated heterocycles. The van der Waals surface area contributed by atoms with Gasteiger partial charge in [-0.15, -0.1) is 0 Å². The predicted molar refractivity (Wildman–Crippen MR) is 153 cm³/mol. The number of nitrogens with zero attached hydrogens (tertiary/aromatic N) is 4. The minimum absolute atomic E-state index is 0.0686. The number of aromatic carboxylic acids is 1. The Hall–Kier alpha value is -3.86. The van der Waals surface area contributed by atoms with Crippen LogP contribution in [0.15, 0.2) is 54.7 Å². The summed E-state index contributed by atoms with van der Waals surface area (Å²) in [5, 5.41) is 13.9. The number of carboxylic acids is 1. The van der Waals surface area contributed by atoms with E-state index in [1.807, 2.05) is 43.6 Å². The summed E-state index contributed by atoms with van der Waals surface area (Å²) < 4.78 is 48.0. The fourth-order valence-electron chi connectivity index (χ4n) is 5.16. The van der Waals surface area contributed by atoms with Gasteiger partial charge in [-0.1, -0.05) is 26.0 Å². The highest BCUT2D eigenvalue weighted by Gasteiger charge is 2.40. The zero-order chi connectivity index (χ0) is 30.7. The predicted octanol–water partition coefficient (Wildman–Crippen LogP) is 6.27. The molecule has 1 aliphatic heterocycles. The molecule has 0 saturated carbocycles. The molecule has 3 aromatic rings. The van der Waals surface area contributed by atoms with Gasteiger partial charge in [-0.3, -0.25) is 9.48 Å². The van der Waals surface area contributed by atoms with Crippen LogP contribution in [0.25, 0.3) is 11.3 Å². The third-order valence-electron chi connectivity index (χ3n) is 7.96. The zero-order valence-electron chi connectivity index (χ0n) is 24.3. The molecule has 4 rings (SSSR count). The highest BCUT2D eigenvalue weighted by Crippen LogP contribution is 2.34. The van der Waals surface area contributed by atoms with Gasteiger partial charge in [0.2, 0.25) is 0 Å². The molecule has 226 valence electrons. The molecule has 1 N–H and O–H groups in total. The van der Waals surface area contributed by atoms with Gasteiger partial charge in [-0.25, -0.2) is 4.79 Å². The average molecular weight is 587 g/mol. The molecule has 2 atom stereocenters. The molecule has 0 aliphatic carbocycles. The number of halogens is 3. The molecule has 1 aromatic heterocycles. The lowest BCUT2D eigenvalue weighted by atomic mass is 9.93. The third kappa shape index (κ3) is 7.13. The number of hydrogen-bond acceptors (Lipinski definition) is 6. The number of cyclic esters (lactones) is 1. The Kier molecular flexibility index (Phi) is 9.30. The van der Waals surface area contributed by atoms with Gasteiger partial charge in [0.25, 0.3) is 0 Å². The van der Waals surface area contributed by atoms with Gasteiger partial charge in [0, 0.05) is 48.6 Å². The number of carbonyl (C=O) groups is 2. The quantitative estimate of drug-likeness (QED) is 0.265. The fraction of sp³-hybridized carbons (Fsp3) is 0.452. The number of hydrogen-bond donors (Lipinski definition) is 1. The Morgan fingerprint density at radius 2 is 1.90 bits per heavy atom. The van der Waals surface area contributed by atoms with Crippen molar-refractivity contribution in [3.63, 3.8) is 0 Å². The maximum absolute atomic E-state index is 13.4. The fourth-order valence-corrected chi connectivity index (χ4v) is 5.16. The van der Waals surface area contributed by atoms with Crippen LogP contribution in [-0.2, 0) is 22.3 Å². The maximum Gasteiger partial charge on any atom is 0.416 e. The number of benzene rings is 2. The second-order valence-corrected chi connectivity index (χ2v) is 11.0. The topological polar surface area (TPSA) is 87.9 Å². The van der Waals surface area contributed by atoms with Crippen LogP contribution in [0.1, 0.15) is 67.6 Å². The van der Waals surface area contributed by atoms with E-state index in [2.05, 4.69) is 10.00 Å². The van der Waals surface area contributed by atoms with E-state index in [0.29, 0.717) is 43.7 Å². The van der Waals surface area contributed by atoms with Gasteiger partial charge in [0.1, 0.15) is 12.1 Å². The van der Waals surface area contributed by atoms with Gasteiger partial charge in [0.15, 0.2) is 0 Å². The first-order valence-electron chi connectivity index (χ1n) is 14.1. The maximum atomic E-state index is 13.4. The number of carboxylic acid groups (broad SMARTS) is 1. The molecule has 42 heavy (non-hydrogen) atoms. The van der Waals surface area contributed by atoms with Crippen LogP contribution in [0.5, 0.6) is 0 Å². The summed E-state index contributed by atoms with van der Waals surface area (Å²) >= 11 is 0. The normalized spacial score (nSPS) is 18.3. The standard InChI is InChI=1S/C31H37F3N4O4/c1-5-21(3)38-18-24(28(35-38)23-8-7-9-25(16-23)31(32,33)34)17-36(4)15-14-30(6-2)20-37(19-27(39)42-30)26-12-10-22(11-13-26)29(40)41/h7-13,16,18,21H,5-6,14-15,17,19-20H2,1-4H3,(H,40,41). The second kappa shape index (κ2) is 12.6. The SMILES string of the molecule is CCC(C)n1cc(CN(C)CCC2(CC)CN(c3ccc(C(=O)O)cc3)CC(=O)O2)c(-c2cccc(C(F)(F)F)c2)n1. The first kappa shape index (κ1) is 31.1. The number of esters is 1. The van der Waals surface area contributed by atoms with Crippen LogP contribution in [0, 0.1) is 0 Å². The van der Waals surface area contributed by atoms with Crippen molar-refractivity contribution in [3.05, 3.63) is 71.4 Å². The molecule has 11 heteroatoms. The van der Waals surface area contributed by atoms with E-state index >= 15 is 0 Å². The van der Waals surface area contributed by atoms with Gasteiger partial charge in [-0.2, -0.15) is 18.3 Å². The van der Waals surface area contributed by atoms with Gasteiger partial charge >= 0.3 is 18.1 Å². The zero-order valence-corrected chi connectivity index (χ0v) is 24.3. The van der Waals surface area contributed by atoms with E-state index in [1.165, 1.54) is 18.2 Å². The molecule has 1 fully saturated rings. The minimum Gasteiger partial charge on any atom is -0.478 e. The van der Waals surface area contributed by atoms with Crippen LogP contribution >= 0.6 is 0 Å². The summed E-state index contributed by atoms with van der Waals surface area (Å²) in [5.41, 5.74) is 1.17. The molecule has 2 aromatic carbocycles. The summed E-state index contributed by atoms with van der Waals surface area (Å²) in [6.45, 7) is 7.53. The Morgan fingerprint density at radius 1 is 1.19 bits per heavy atom. The van der Waals surface area contributed by atoms with E-state index in [-0.39, 0.29) is 24.1 Å². The van der Waals surface area contributed by atoms with Crippen LogP contribution in [0.4, 0.5) is 18.9 Å². The highest BCUT2D eigenvalue weighted by atomic mass is 19.4. The van der Waals surface area contributed by atoms with Crippen molar-refractivity contribution in [2.24, 2.45) is 0 Å². The Balaban J connectivity index is 1.52. The van der Waals surface area contributed by atoms with Crippen molar-refractivity contribution in [3.8, 4) is 11.3 Å². The van der Waals surface area contributed by atoms with Crippen molar-refractivity contribution in [1.82, 2.24) is 14.7 Å². The van der Waals surface area contributed by atoms with Gasteiger partial charge < -0.3 is 19.6 Å². The largest absolute Gasteiger partial charge is 0.478 e. The molecule has 1 aliphatic rings. The van der Waals surface area contributed by atoms with Crippen LogP contribution in [0.3, 0.4) is 0 Å². The minimum atomic E-state index is -4.45. The molecule has 0 radical (unpaired) electrons. The Morgan fingerprint density at radius 3 is 2.52 bits per heavy atom. The summed E-state index contributed by atoms with van der Waals surface area (Å²) in [7, 11) is 1.92. The molecule has 0 spiro atoms. The summed E-state index contributed by atoms with van der Waals surface area (Å²) in [6.07, 6.45) is -0.617. The van der Waals surface area contributed by atoms with E-state index in [9.17, 15) is 27.9 Å². The number of anilines is 1. The van der Waals surface area contributed by atoms with Crippen molar-refractivity contribution >= 4 is 17.6 Å². The molecular weight excluding hydrogens is 549 g/mol. The first-order chi connectivity index (χ1) is 19.8. The molecule has 0 bridgehead atoms. The second-order valence-electron chi connectivity index (χ2n) is 11.0. The Bertz CT molecular complexity index is 1410. The molecule has 8 nitrogen and oxygen atoms in total. The van der Waals surface area contributed by atoms with E-state index < -0.39 is 23.3 Å². The number of carbonyl (C=O) groups excluding carboxylic acids is 1. The van der Waals surface area contributed by atoms with Crippen molar-refractivity contribution in [2.75, 3.05) is 31.6 Å². The Labute approximate surface area is 243 Å². The number of ether oxygens (including phenoxy) is 1. The number of morpholine rings is 1. The first-order valence-corrected chi connectivity index (χ1v) is 14.1. The molecule has 2 unspecified atom stereocenters. The third-order valence-corrected chi connectivity index (χ3v) is 7.96. The molecule has 2 heterocycles. The average Bonchev–Trinajstić information content (AvgIpc) is 3.38. The molecular formula is C31H37F3N4O4. The van der Waals surface area contributed by atoms with Crippen molar-refractivity contribution in [1.29, 1.82) is 0 Å². The summed E-state index contributed by atoms with van der Waals surface area (Å²) in [4.78, 5) is 27.9. The van der Waals surface area contributed by atoms with E-state index in [0.717, 1.165) is 29.8 Å². The van der Waals surface area contributed by atoms with Crippen LogP contribution < -0.4 is 4.90 Å². The lowest BCUT2D eigenvalue weighted by Gasteiger charge is -2.43. The molecule has 0 amide bonds. The van der Waals surface area contributed by atoms with Crippen molar-refractivity contribution < 1.29 is 32.6 Å². The highest BCUT2D eigenvalue weighted by molar-refractivity contribution is 5.88. The monoisotopic (exact) mass is 586 g/mol. The lowest BCUT2D eigenvalue weighted by molar-refractivity contribution is -0.163. The van der Waals surface area contributed by atoms with Crippen molar-refractivity contribution in [2.45, 2.75) is 64.4 Å². The van der Waals surface area contributed by atoms with Crippen LogP contribution in [-0.4, -0.2) is 64.0 Å². The smallest absolute Gasteiger partial charge is 0.416 e. The van der Waals surface area contributed by atoms with Gasteiger partial charge in [0.05, 0.1) is 23.4 Å². The number of aromatic nitrogens is 2. The van der Waals surface area contributed by atoms with E-state index in [4.69, 9.17) is 4.74 Å². The number of alkyl halides is 3. The van der Waals surface area contributed by atoms with Crippen LogP contribution in [0.2, 0.25) is 0 Å².